The minimum Gasteiger partial charge on any atom is -0.461 e. The summed E-state index contributed by atoms with van der Waals surface area (Å²) >= 11 is 0. The van der Waals surface area contributed by atoms with Gasteiger partial charge in [-0.15, -0.1) is 0 Å². The lowest BCUT2D eigenvalue weighted by Crippen LogP contribution is -2.16. The number of esters is 1. The summed E-state index contributed by atoms with van der Waals surface area (Å²) in [6.07, 6.45) is -0.174. The van der Waals surface area contributed by atoms with E-state index in [2.05, 4.69) is 0 Å². The number of rotatable bonds is 6. The van der Waals surface area contributed by atoms with Gasteiger partial charge in [-0.25, -0.2) is 0 Å². The molecule has 0 bridgehead atoms. The Labute approximate surface area is 106 Å². The van der Waals surface area contributed by atoms with Gasteiger partial charge in [0, 0.05) is 0 Å². The van der Waals surface area contributed by atoms with Gasteiger partial charge in [0.05, 0.1) is 12.1 Å². The molecule has 0 spiro atoms. The fourth-order valence-corrected chi connectivity index (χ4v) is 2.07. The third-order valence-corrected chi connectivity index (χ3v) is 3.32. The topological polar surface area (TPSA) is 83.8 Å². The molecule has 18 heavy (non-hydrogen) atoms. The van der Waals surface area contributed by atoms with Crippen molar-refractivity contribution in [1.29, 1.82) is 0 Å². The van der Waals surface area contributed by atoms with Crippen LogP contribution in [0.5, 0.6) is 0 Å². The predicted molar refractivity (Wildman–Crippen MR) is 66.9 cm³/mol. The minimum absolute atomic E-state index is 0.123. The molecule has 0 amide bonds. The van der Waals surface area contributed by atoms with Crippen LogP contribution in [0.3, 0.4) is 0 Å². The van der Waals surface area contributed by atoms with Gasteiger partial charge in [0.25, 0.3) is 0 Å². The number of benzene rings is 1. The monoisotopic (exact) mass is 272 g/mol. The van der Waals surface area contributed by atoms with Crippen LogP contribution >= 0.6 is 7.60 Å². The zero-order valence-corrected chi connectivity index (χ0v) is 11.0. The Morgan fingerprint density at radius 2 is 1.94 bits per heavy atom. The molecule has 0 aliphatic heterocycles. The van der Waals surface area contributed by atoms with Gasteiger partial charge in [-0.1, -0.05) is 37.3 Å². The number of ether oxygens (including phenoxy) is 1. The molecule has 5 nitrogen and oxygen atoms in total. The molecule has 0 aliphatic carbocycles. The second-order valence-electron chi connectivity index (χ2n) is 4.17. The maximum atomic E-state index is 11.6. The smallest absolute Gasteiger partial charge is 0.325 e. The maximum Gasteiger partial charge on any atom is 0.325 e. The van der Waals surface area contributed by atoms with Crippen molar-refractivity contribution >= 4 is 13.6 Å². The molecule has 100 valence electrons. The fourth-order valence-electron chi connectivity index (χ4n) is 1.35. The molecule has 0 saturated carbocycles. The fraction of sp³-hybridized carbons (Fsp3) is 0.417. The van der Waals surface area contributed by atoms with Gasteiger partial charge in [-0.05, 0) is 12.0 Å². The summed E-state index contributed by atoms with van der Waals surface area (Å²) in [6, 6.07) is 9.25. The van der Waals surface area contributed by atoms with E-state index in [0.717, 1.165) is 5.56 Å². The van der Waals surface area contributed by atoms with E-state index in [1.807, 2.05) is 30.3 Å². The van der Waals surface area contributed by atoms with E-state index in [1.54, 1.807) is 6.92 Å². The molecule has 1 aromatic rings. The standard InChI is InChI=1S/C12H17O5P/c1-10(7-8-18(14,15)16)12(13)17-9-11-5-3-2-4-6-11/h2-6,10H,7-9H2,1H3,(H2,14,15,16)/t10-/m0/s1. The van der Waals surface area contributed by atoms with Crippen LogP contribution in [0.1, 0.15) is 18.9 Å². The predicted octanol–water partition coefficient (Wildman–Crippen LogP) is 1.93. The van der Waals surface area contributed by atoms with Crippen molar-refractivity contribution in [3.05, 3.63) is 35.9 Å². The van der Waals surface area contributed by atoms with Gasteiger partial charge in [-0.2, -0.15) is 0 Å². The molecule has 1 aromatic carbocycles. The quantitative estimate of drug-likeness (QED) is 0.610. The van der Waals surface area contributed by atoms with Crippen LogP contribution in [0.2, 0.25) is 0 Å². The van der Waals surface area contributed by atoms with Crippen LogP contribution in [0.4, 0.5) is 0 Å². The first kappa shape index (κ1) is 14.9. The molecular weight excluding hydrogens is 255 g/mol. The van der Waals surface area contributed by atoms with E-state index >= 15 is 0 Å². The lowest BCUT2D eigenvalue weighted by molar-refractivity contribution is -0.149. The van der Waals surface area contributed by atoms with Crippen molar-refractivity contribution in [3.8, 4) is 0 Å². The largest absolute Gasteiger partial charge is 0.461 e. The highest BCUT2D eigenvalue weighted by molar-refractivity contribution is 7.51. The molecule has 1 rings (SSSR count). The van der Waals surface area contributed by atoms with Gasteiger partial charge in [-0.3, -0.25) is 9.36 Å². The molecule has 2 N–H and O–H groups in total. The van der Waals surface area contributed by atoms with Crippen molar-refractivity contribution in [1.82, 2.24) is 0 Å². The van der Waals surface area contributed by atoms with Gasteiger partial charge in [0.1, 0.15) is 6.61 Å². The zero-order valence-electron chi connectivity index (χ0n) is 10.2. The molecule has 6 heteroatoms. The van der Waals surface area contributed by atoms with Crippen LogP contribution in [-0.4, -0.2) is 21.9 Å². The van der Waals surface area contributed by atoms with E-state index < -0.39 is 19.5 Å². The van der Waals surface area contributed by atoms with Crippen LogP contribution < -0.4 is 0 Å². The molecule has 0 fully saturated rings. The summed E-state index contributed by atoms with van der Waals surface area (Å²) < 4.78 is 15.7. The summed E-state index contributed by atoms with van der Waals surface area (Å²) in [5.74, 6) is -0.950. The summed E-state index contributed by atoms with van der Waals surface area (Å²) in [6.45, 7) is 1.78. The third kappa shape index (κ3) is 5.96. The normalized spacial score (nSPS) is 13.1. The first-order chi connectivity index (χ1) is 8.38. The van der Waals surface area contributed by atoms with E-state index in [1.165, 1.54) is 0 Å². The van der Waals surface area contributed by atoms with Gasteiger partial charge in [0.15, 0.2) is 0 Å². The van der Waals surface area contributed by atoms with Gasteiger partial charge in [0.2, 0.25) is 0 Å². The number of carbonyl (C=O) groups excluding carboxylic acids is 1. The van der Waals surface area contributed by atoms with Gasteiger partial charge < -0.3 is 14.5 Å². The molecule has 0 unspecified atom stereocenters. The highest BCUT2D eigenvalue weighted by Crippen LogP contribution is 2.36. The SMILES string of the molecule is C[C@@H](CCP(=O)(O)O)C(=O)OCc1ccccc1. The summed E-state index contributed by atoms with van der Waals surface area (Å²) in [5.41, 5.74) is 0.882. The minimum atomic E-state index is -4.04. The average molecular weight is 272 g/mol. The van der Waals surface area contributed by atoms with Crippen molar-refractivity contribution in [2.24, 2.45) is 5.92 Å². The Bertz CT molecular complexity index is 425. The molecule has 0 aliphatic rings. The maximum absolute atomic E-state index is 11.6. The first-order valence-corrected chi connectivity index (χ1v) is 7.43. The average Bonchev–Trinajstić information content (AvgIpc) is 2.33. The van der Waals surface area contributed by atoms with Crippen molar-refractivity contribution < 1.29 is 23.9 Å². The Morgan fingerprint density at radius 3 is 2.50 bits per heavy atom. The molecule has 0 saturated heterocycles. The van der Waals surface area contributed by atoms with E-state index in [0.29, 0.717) is 0 Å². The van der Waals surface area contributed by atoms with Crippen LogP contribution in [-0.2, 0) is 20.7 Å². The number of carbonyl (C=O) groups is 1. The van der Waals surface area contributed by atoms with Crippen molar-refractivity contribution in [3.63, 3.8) is 0 Å². The zero-order chi connectivity index (χ0) is 13.6. The summed E-state index contributed by atoms with van der Waals surface area (Å²) in [7, 11) is -4.04. The first-order valence-electron chi connectivity index (χ1n) is 5.63. The Morgan fingerprint density at radius 1 is 1.33 bits per heavy atom. The molecule has 0 aromatic heterocycles. The Kier molecular flexibility index (Phi) is 5.54. The highest BCUT2D eigenvalue weighted by Gasteiger charge is 2.20. The number of hydrogen-bond donors (Lipinski definition) is 2. The number of hydrogen-bond acceptors (Lipinski definition) is 3. The Balaban J connectivity index is 2.34. The lowest BCUT2D eigenvalue weighted by atomic mass is 10.1. The molecule has 0 radical (unpaired) electrons. The van der Waals surface area contributed by atoms with E-state index in [4.69, 9.17) is 14.5 Å². The second-order valence-corrected chi connectivity index (χ2v) is 5.95. The molecular formula is C12H17O5P. The molecule has 1 atom stereocenters. The third-order valence-electron chi connectivity index (χ3n) is 2.48. The molecule has 0 heterocycles. The second kappa shape index (κ2) is 6.69. The summed E-state index contributed by atoms with van der Waals surface area (Å²) in [5, 5.41) is 0. The van der Waals surface area contributed by atoms with Crippen LogP contribution in [0.25, 0.3) is 0 Å². The van der Waals surface area contributed by atoms with Crippen molar-refractivity contribution in [2.45, 2.75) is 20.0 Å². The van der Waals surface area contributed by atoms with Crippen LogP contribution in [0, 0.1) is 5.92 Å². The van der Waals surface area contributed by atoms with Crippen LogP contribution in [0.15, 0.2) is 30.3 Å². The van der Waals surface area contributed by atoms with E-state index in [9.17, 15) is 9.36 Å². The van der Waals surface area contributed by atoms with Gasteiger partial charge >= 0.3 is 13.6 Å². The Hall–Kier alpha value is -1.16. The summed E-state index contributed by atoms with van der Waals surface area (Å²) in [4.78, 5) is 29.0. The van der Waals surface area contributed by atoms with E-state index in [-0.39, 0.29) is 19.2 Å². The highest BCUT2D eigenvalue weighted by atomic mass is 31.2. The lowest BCUT2D eigenvalue weighted by Gasteiger charge is -2.11. The van der Waals surface area contributed by atoms with Crippen molar-refractivity contribution in [2.75, 3.05) is 6.16 Å².